The Bertz CT molecular complexity index is 482. The molecule has 0 saturated heterocycles. The molecule has 1 heterocycles. The van der Waals surface area contributed by atoms with E-state index in [1.807, 2.05) is 43.3 Å². The van der Waals surface area contributed by atoms with E-state index in [2.05, 4.69) is 5.32 Å². The lowest BCUT2D eigenvalue weighted by atomic mass is 10.2. The number of furan rings is 1. The van der Waals surface area contributed by atoms with E-state index >= 15 is 0 Å². The highest BCUT2D eigenvalue weighted by Gasteiger charge is 2.05. The van der Waals surface area contributed by atoms with Gasteiger partial charge < -0.3 is 19.6 Å². The van der Waals surface area contributed by atoms with E-state index in [-0.39, 0.29) is 6.61 Å². The van der Waals surface area contributed by atoms with Crippen molar-refractivity contribution in [3.63, 3.8) is 0 Å². The minimum absolute atomic E-state index is 0.277. The van der Waals surface area contributed by atoms with E-state index in [4.69, 9.17) is 9.15 Å². The highest BCUT2D eigenvalue weighted by molar-refractivity contribution is 5.45. The van der Waals surface area contributed by atoms with Crippen LogP contribution >= 0.6 is 0 Å². The van der Waals surface area contributed by atoms with Crippen molar-refractivity contribution in [2.75, 3.05) is 18.5 Å². The topological polar surface area (TPSA) is 54.6 Å². The third-order valence-electron chi connectivity index (χ3n) is 2.69. The number of benzene rings is 1. The molecule has 1 atom stereocenters. The Morgan fingerprint density at radius 1 is 1.32 bits per heavy atom. The Morgan fingerprint density at radius 3 is 2.95 bits per heavy atom. The highest BCUT2D eigenvalue weighted by atomic mass is 16.5. The quantitative estimate of drug-likeness (QED) is 0.804. The second-order valence-electron chi connectivity index (χ2n) is 4.50. The van der Waals surface area contributed by atoms with Crippen LogP contribution in [0.15, 0.2) is 47.1 Å². The smallest absolute Gasteiger partial charge is 0.129 e. The number of rotatable bonds is 7. The van der Waals surface area contributed by atoms with E-state index < -0.39 is 6.10 Å². The molecule has 2 rings (SSSR count). The Labute approximate surface area is 113 Å². The number of aliphatic hydroxyl groups excluding tert-OH is 1. The Kier molecular flexibility index (Phi) is 5.01. The fraction of sp³-hybridized carbons (Fsp3) is 0.333. The molecule has 0 radical (unpaired) electrons. The summed E-state index contributed by atoms with van der Waals surface area (Å²) in [5, 5.41) is 13.0. The van der Waals surface area contributed by atoms with Crippen LogP contribution in [0.3, 0.4) is 0 Å². The van der Waals surface area contributed by atoms with Crippen molar-refractivity contribution in [3.05, 3.63) is 54.0 Å². The van der Waals surface area contributed by atoms with Crippen LogP contribution in [0.5, 0.6) is 0 Å². The lowest BCUT2D eigenvalue weighted by Crippen LogP contribution is -2.24. The van der Waals surface area contributed by atoms with Crippen molar-refractivity contribution >= 4 is 5.69 Å². The number of aliphatic hydroxyl groups is 1. The largest absolute Gasteiger partial charge is 0.467 e. The van der Waals surface area contributed by atoms with Crippen LogP contribution in [-0.2, 0) is 11.3 Å². The van der Waals surface area contributed by atoms with Gasteiger partial charge in [0.25, 0.3) is 0 Å². The van der Waals surface area contributed by atoms with Crippen molar-refractivity contribution in [3.8, 4) is 0 Å². The monoisotopic (exact) mass is 261 g/mol. The SMILES string of the molecule is Cc1cccc(NCC(O)COCc2ccco2)c1. The van der Waals surface area contributed by atoms with Gasteiger partial charge in [-0.2, -0.15) is 0 Å². The third kappa shape index (κ3) is 4.77. The normalized spacial score (nSPS) is 12.3. The molecular formula is C15H19NO3. The van der Waals surface area contributed by atoms with Crippen molar-refractivity contribution in [2.24, 2.45) is 0 Å². The molecule has 0 aliphatic rings. The van der Waals surface area contributed by atoms with Crippen molar-refractivity contribution < 1.29 is 14.3 Å². The Balaban J connectivity index is 1.65. The molecule has 0 bridgehead atoms. The Morgan fingerprint density at radius 2 is 2.21 bits per heavy atom. The molecule has 2 aromatic rings. The molecule has 0 aliphatic carbocycles. The van der Waals surface area contributed by atoms with Crippen LogP contribution in [-0.4, -0.2) is 24.4 Å². The van der Waals surface area contributed by atoms with Gasteiger partial charge in [0, 0.05) is 12.2 Å². The van der Waals surface area contributed by atoms with E-state index in [9.17, 15) is 5.11 Å². The summed E-state index contributed by atoms with van der Waals surface area (Å²) in [7, 11) is 0. The molecule has 1 unspecified atom stereocenters. The van der Waals surface area contributed by atoms with Crippen LogP contribution < -0.4 is 5.32 Å². The molecule has 102 valence electrons. The second kappa shape index (κ2) is 6.97. The molecule has 0 saturated carbocycles. The van der Waals surface area contributed by atoms with Gasteiger partial charge in [0.1, 0.15) is 12.4 Å². The molecule has 0 amide bonds. The van der Waals surface area contributed by atoms with E-state index in [1.165, 1.54) is 5.56 Å². The van der Waals surface area contributed by atoms with Gasteiger partial charge in [-0.1, -0.05) is 12.1 Å². The number of ether oxygens (including phenoxy) is 1. The minimum atomic E-state index is -0.546. The Hall–Kier alpha value is -1.78. The predicted molar refractivity (Wildman–Crippen MR) is 74.0 cm³/mol. The molecule has 1 aromatic heterocycles. The summed E-state index contributed by atoms with van der Waals surface area (Å²) in [6, 6.07) is 11.7. The fourth-order valence-electron chi connectivity index (χ4n) is 1.74. The molecule has 0 spiro atoms. The molecule has 2 N–H and O–H groups in total. The average Bonchev–Trinajstić information content (AvgIpc) is 2.90. The lowest BCUT2D eigenvalue weighted by Gasteiger charge is -2.13. The first-order valence-electron chi connectivity index (χ1n) is 6.33. The maximum absolute atomic E-state index is 9.79. The van der Waals surface area contributed by atoms with Gasteiger partial charge in [-0.05, 0) is 36.8 Å². The fourth-order valence-corrected chi connectivity index (χ4v) is 1.74. The van der Waals surface area contributed by atoms with Gasteiger partial charge in [0.2, 0.25) is 0 Å². The molecule has 4 heteroatoms. The number of hydrogen-bond donors (Lipinski definition) is 2. The van der Waals surface area contributed by atoms with Crippen LogP contribution in [0.2, 0.25) is 0 Å². The van der Waals surface area contributed by atoms with Crippen LogP contribution in [0, 0.1) is 6.92 Å². The van der Waals surface area contributed by atoms with Crippen molar-refractivity contribution in [1.82, 2.24) is 0 Å². The summed E-state index contributed by atoms with van der Waals surface area (Å²) in [6.45, 7) is 3.16. The molecule has 0 fully saturated rings. The summed E-state index contributed by atoms with van der Waals surface area (Å²) in [5.74, 6) is 0.763. The van der Waals surface area contributed by atoms with Gasteiger partial charge in [-0.3, -0.25) is 0 Å². The van der Waals surface area contributed by atoms with E-state index in [0.717, 1.165) is 11.4 Å². The van der Waals surface area contributed by atoms with Gasteiger partial charge in [0.15, 0.2) is 0 Å². The summed E-state index contributed by atoms with van der Waals surface area (Å²) in [4.78, 5) is 0. The summed E-state index contributed by atoms with van der Waals surface area (Å²) in [6.07, 6.45) is 1.06. The first-order chi connectivity index (χ1) is 9.24. The third-order valence-corrected chi connectivity index (χ3v) is 2.69. The summed E-state index contributed by atoms with van der Waals surface area (Å²) >= 11 is 0. The maximum atomic E-state index is 9.79. The zero-order valence-electron chi connectivity index (χ0n) is 11.0. The average molecular weight is 261 g/mol. The lowest BCUT2D eigenvalue weighted by molar-refractivity contribution is 0.0282. The minimum Gasteiger partial charge on any atom is -0.467 e. The molecule has 0 aliphatic heterocycles. The van der Waals surface area contributed by atoms with Crippen molar-refractivity contribution in [1.29, 1.82) is 0 Å². The van der Waals surface area contributed by atoms with Gasteiger partial charge in [0.05, 0.1) is 19.0 Å². The summed E-state index contributed by atoms with van der Waals surface area (Å²) < 4.78 is 10.5. The standard InChI is InChI=1S/C15H19NO3/c1-12-4-2-5-13(8-12)16-9-14(17)10-18-11-15-6-3-7-19-15/h2-8,14,16-17H,9-11H2,1H3. The van der Waals surface area contributed by atoms with Gasteiger partial charge >= 0.3 is 0 Å². The number of anilines is 1. The first-order valence-corrected chi connectivity index (χ1v) is 6.33. The molecule has 1 aromatic carbocycles. The first kappa shape index (κ1) is 13.6. The van der Waals surface area contributed by atoms with Crippen LogP contribution in [0.1, 0.15) is 11.3 Å². The predicted octanol–water partition coefficient (Wildman–Crippen LogP) is 2.58. The van der Waals surface area contributed by atoms with Gasteiger partial charge in [-0.15, -0.1) is 0 Å². The van der Waals surface area contributed by atoms with E-state index in [1.54, 1.807) is 6.26 Å². The zero-order chi connectivity index (χ0) is 13.5. The number of hydrogen-bond acceptors (Lipinski definition) is 4. The second-order valence-corrected chi connectivity index (χ2v) is 4.50. The zero-order valence-corrected chi connectivity index (χ0v) is 11.0. The maximum Gasteiger partial charge on any atom is 0.129 e. The molecule has 4 nitrogen and oxygen atoms in total. The molecular weight excluding hydrogens is 242 g/mol. The van der Waals surface area contributed by atoms with E-state index in [0.29, 0.717) is 13.2 Å². The highest BCUT2D eigenvalue weighted by Crippen LogP contribution is 2.09. The van der Waals surface area contributed by atoms with Crippen molar-refractivity contribution in [2.45, 2.75) is 19.6 Å². The van der Waals surface area contributed by atoms with Crippen LogP contribution in [0.25, 0.3) is 0 Å². The number of nitrogens with one attached hydrogen (secondary N) is 1. The number of aryl methyl sites for hydroxylation is 1. The summed E-state index contributed by atoms with van der Waals surface area (Å²) in [5.41, 5.74) is 2.19. The molecule has 19 heavy (non-hydrogen) atoms. The van der Waals surface area contributed by atoms with Gasteiger partial charge in [-0.25, -0.2) is 0 Å². The van der Waals surface area contributed by atoms with Crippen LogP contribution in [0.4, 0.5) is 5.69 Å².